The number of hydrogen-bond donors (Lipinski definition) is 0. The molecule has 0 unspecified atom stereocenters. The van der Waals surface area contributed by atoms with Crippen molar-refractivity contribution in [1.82, 2.24) is 4.90 Å². The minimum atomic E-state index is -0.906. The first kappa shape index (κ1) is 14.0. The third-order valence-corrected chi connectivity index (χ3v) is 4.36. The Balaban J connectivity index is 2.30. The van der Waals surface area contributed by atoms with Gasteiger partial charge in [-0.3, -0.25) is 19.1 Å². The van der Waals surface area contributed by atoms with Gasteiger partial charge >= 0.3 is 0 Å². The Morgan fingerprint density at radius 3 is 2.58 bits per heavy atom. The van der Waals surface area contributed by atoms with Crippen molar-refractivity contribution in [3.63, 3.8) is 0 Å². The number of carbonyl (C=O) groups excluding carboxylic acids is 1. The normalized spacial score (nSPS) is 16.4. The second-order valence-corrected chi connectivity index (χ2v) is 6.19. The topological polar surface area (TPSA) is 80.5 Å². The molecule has 1 aromatic rings. The third-order valence-electron chi connectivity index (χ3n) is 2.85. The number of nitro groups is 1. The van der Waals surface area contributed by atoms with Crippen LogP contribution in [0.4, 0.5) is 5.69 Å². The standard InChI is InChI=1S/C11H11ClN2O4S/c12-8-1-2-10(14(16)17)9(7-8)11(15)13-3-5-19(18)6-4-13/h1-2,7H,3-6H2. The van der Waals surface area contributed by atoms with Gasteiger partial charge in [0.05, 0.1) is 4.92 Å². The summed E-state index contributed by atoms with van der Waals surface area (Å²) in [5.41, 5.74) is -0.286. The maximum atomic E-state index is 12.2. The van der Waals surface area contributed by atoms with Gasteiger partial charge in [-0.1, -0.05) is 11.6 Å². The van der Waals surface area contributed by atoms with Gasteiger partial charge in [-0.2, -0.15) is 0 Å². The molecule has 1 saturated heterocycles. The van der Waals surface area contributed by atoms with E-state index >= 15 is 0 Å². The molecule has 0 saturated carbocycles. The lowest BCUT2D eigenvalue weighted by molar-refractivity contribution is -0.385. The summed E-state index contributed by atoms with van der Waals surface area (Å²) in [6.45, 7) is 0.685. The van der Waals surface area contributed by atoms with Gasteiger partial charge in [0, 0.05) is 46.5 Å². The van der Waals surface area contributed by atoms with E-state index in [-0.39, 0.29) is 16.3 Å². The molecular weight excluding hydrogens is 292 g/mol. The predicted molar refractivity (Wildman–Crippen MR) is 71.9 cm³/mol. The van der Waals surface area contributed by atoms with Crippen LogP contribution in [0.2, 0.25) is 5.02 Å². The Hall–Kier alpha value is -1.47. The van der Waals surface area contributed by atoms with E-state index in [1.165, 1.54) is 23.1 Å². The summed E-state index contributed by atoms with van der Waals surface area (Å²) in [5, 5.41) is 11.2. The molecule has 1 aromatic carbocycles. The van der Waals surface area contributed by atoms with Gasteiger partial charge < -0.3 is 4.90 Å². The molecule has 0 radical (unpaired) electrons. The van der Waals surface area contributed by atoms with E-state index in [1.54, 1.807) is 0 Å². The Bertz CT molecular complexity index is 554. The molecule has 19 heavy (non-hydrogen) atoms. The Morgan fingerprint density at radius 1 is 1.37 bits per heavy atom. The van der Waals surface area contributed by atoms with Crippen LogP contribution >= 0.6 is 11.6 Å². The smallest absolute Gasteiger partial charge is 0.282 e. The zero-order valence-electron chi connectivity index (χ0n) is 9.87. The molecule has 1 aliphatic heterocycles. The van der Waals surface area contributed by atoms with E-state index < -0.39 is 21.6 Å². The van der Waals surface area contributed by atoms with Crippen LogP contribution in [0.25, 0.3) is 0 Å². The van der Waals surface area contributed by atoms with E-state index in [0.717, 1.165) is 0 Å². The van der Waals surface area contributed by atoms with Crippen molar-refractivity contribution in [2.45, 2.75) is 0 Å². The maximum Gasteiger partial charge on any atom is 0.282 e. The van der Waals surface area contributed by atoms with E-state index in [2.05, 4.69) is 0 Å². The zero-order chi connectivity index (χ0) is 14.0. The van der Waals surface area contributed by atoms with Crippen molar-refractivity contribution in [2.24, 2.45) is 0 Å². The first-order chi connectivity index (χ1) is 8.99. The highest BCUT2D eigenvalue weighted by Crippen LogP contribution is 2.24. The highest BCUT2D eigenvalue weighted by molar-refractivity contribution is 7.85. The third kappa shape index (κ3) is 3.10. The average molecular weight is 303 g/mol. The van der Waals surface area contributed by atoms with Crippen LogP contribution in [-0.2, 0) is 10.8 Å². The van der Waals surface area contributed by atoms with Crippen molar-refractivity contribution >= 4 is 34.0 Å². The molecule has 1 amide bonds. The van der Waals surface area contributed by atoms with Crippen LogP contribution < -0.4 is 0 Å². The Morgan fingerprint density at radius 2 is 2.00 bits per heavy atom. The molecular formula is C11H11ClN2O4S. The molecule has 0 spiro atoms. The molecule has 1 fully saturated rings. The first-order valence-corrected chi connectivity index (χ1v) is 7.44. The number of amides is 1. The van der Waals surface area contributed by atoms with Crippen LogP contribution in [0, 0.1) is 10.1 Å². The van der Waals surface area contributed by atoms with Gasteiger partial charge in [0.1, 0.15) is 5.56 Å². The van der Waals surface area contributed by atoms with Crippen LogP contribution in [-0.4, -0.2) is 44.5 Å². The van der Waals surface area contributed by atoms with Crippen molar-refractivity contribution in [2.75, 3.05) is 24.6 Å². The summed E-state index contributed by atoms with van der Waals surface area (Å²) in [4.78, 5) is 24.0. The van der Waals surface area contributed by atoms with Crippen molar-refractivity contribution in [1.29, 1.82) is 0 Å². The highest BCUT2D eigenvalue weighted by Gasteiger charge is 2.27. The Labute approximate surface area is 117 Å². The molecule has 0 aliphatic carbocycles. The molecule has 0 aromatic heterocycles. The van der Waals surface area contributed by atoms with Gasteiger partial charge in [0.15, 0.2) is 0 Å². The second-order valence-electron chi connectivity index (χ2n) is 4.06. The number of rotatable bonds is 2. The van der Waals surface area contributed by atoms with Crippen LogP contribution in [0.5, 0.6) is 0 Å². The highest BCUT2D eigenvalue weighted by atomic mass is 35.5. The lowest BCUT2D eigenvalue weighted by Gasteiger charge is -2.26. The zero-order valence-corrected chi connectivity index (χ0v) is 11.4. The molecule has 8 heteroatoms. The predicted octanol–water partition coefficient (Wildman–Crippen LogP) is 1.45. The van der Waals surface area contributed by atoms with Gasteiger partial charge in [-0.25, -0.2) is 0 Å². The quantitative estimate of drug-likeness (QED) is 0.612. The first-order valence-electron chi connectivity index (χ1n) is 5.57. The summed E-state index contributed by atoms with van der Waals surface area (Å²) in [6, 6.07) is 3.90. The summed E-state index contributed by atoms with van der Waals surface area (Å²) >= 11 is 5.79. The second kappa shape index (κ2) is 5.66. The van der Waals surface area contributed by atoms with Crippen LogP contribution in [0.3, 0.4) is 0 Å². The fourth-order valence-electron chi connectivity index (χ4n) is 1.85. The minimum Gasteiger partial charge on any atom is -0.337 e. The molecule has 6 nitrogen and oxygen atoms in total. The fourth-order valence-corrected chi connectivity index (χ4v) is 3.07. The lowest BCUT2D eigenvalue weighted by atomic mass is 10.1. The monoisotopic (exact) mass is 302 g/mol. The van der Waals surface area contributed by atoms with Crippen LogP contribution in [0.15, 0.2) is 18.2 Å². The van der Waals surface area contributed by atoms with Crippen molar-refractivity contribution in [3.8, 4) is 0 Å². The van der Waals surface area contributed by atoms with E-state index in [4.69, 9.17) is 11.6 Å². The summed E-state index contributed by atoms with van der Waals surface area (Å²) in [6.07, 6.45) is 0. The molecule has 102 valence electrons. The van der Waals surface area contributed by atoms with Gasteiger partial charge in [0.25, 0.3) is 11.6 Å². The maximum absolute atomic E-state index is 12.2. The van der Waals surface area contributed by atoms with E-state index in [9.17, 15) is 19.1 Å². The molecule has 1 heterocycles. The summed E-state index contributed by atoms with van der Waals surface area (Å²) in [7, 11) is -0.906. The average Bonchev–Trinajstić information content (AvgIpc) is 2.38. The number of nitro benzene ring substituents is 1. The van der Waals surface area contributed by atoms with Gasteiger partial charge in [0.2, 0.25) is 0 Å². The SMILES string of the molecule is O=C(c1cc(Cl)ccc1[N+](=O)[O-])N1CCS(=O)CC1. The number of benzene rings is 1. The number of nitrogens with zero attached hydrogens (tertiary/aromatic N) is 2. The van der Waals surface area contributed by atoms with E-state index in [1.807, 2.05) is 0 Å². The van der Waals surface area contributed by atoms with Crippen LogP contribution in [0.1, 0.15) is 10.4 Å². The largest absolute Gasteiger partial charge is 0.337 e. The fraction of sp³-hybridized carbons (Fsp3) is 0.364. The number of carbonyl (C=O) groups is 1. The van der Waals surface area contributed by atoms with Crippen molar-refractivity contribution < 1.29 is 13.9 Å². The molecule has 0 bridgehead atoms. The molecule has 0 atom stereocenters. The summed E-state index contributed by atoms with van der Waals surface area (Å²) in [5.74, 6) is 0.367. The lowest BCUT2D eigenvalue weighted by Crippen LogP contribution is -2.42. The molecule has 1 aliphatic rings. The number of hydrogen-bond acceptors (Lipinski definition) is 4. The minimum absolute atomic E-state index is 0.0230. The van der Waals surface area contributed by atoms with Gasteiger partial charge in [-0.05, 0) is 12.1 Å². The van der Waals surface area contributed by atoms with Gasteiger partial charge in [-0.15, -0.1) is 0 Å². The molecule has 0 N–H and O–H groups in total. The number of halogens is 1. The van der Waals surface area contributed by atoms with E-state index in [0.29, 0.717) is 24.6 Å². The molecule has 2 rings (SSSR count). The van der Waals surface area contributed by atoms with Crippen molar-refractivity contribution in [3.05, 3.63) is 38.9 Å². The Kier molecular flexibility index (Phi) is 4.16. The summed E-state index contributed by atoms with van der Waals surface area (Å²) < 4.78 is 11.2.